The van der Waals surface area contributed by atoms with Crippen LogP contribution in [0.2, 0.25) is 0 Å². The van der Waals surface area contributed by atoms with Crippen LogP contribution in [0.4, 0.5) is 10.1 Å². The summed E-state index contributed by atoms with van der Waals surface area (Å²) in [6.07, 6.45) is 10.5. The van der Waals surface area contributed by atoms with Gasteiger partial charge in [-0.2, -0.15) is 5.10 Å². The van der Waals surface area contributed by atoms with Gasteiger partial charge in [0.25, 0.3) is 0 Å². The molecule has 214 valence electrons. The van der Waals surface area contributed by atoms with Crippen molar-refractivity contribution in [3.63, 3.8) is 0 Å². The molecular formula is C30H34FN7O3. The summed E-state index contributed by atoms with van der Waals surface area (Å²) in [6, 6.07) is 8.00. The maximum Gasteiger partial charge on any atom is 0.230 e. The minimum absolute atomic E-state index is 0.00777. The van der Waals surface area contributed by atoms with Gasteiger partial charge in [0, 0.05) is 24.3 Å². The number of rotatable bonds is 7. The molecule has 1 aromatic carbocycles. The molecule has 0 spiro atoms. The van der Waals surface area contributed by atoms with Gasteiger partial charge in [-0.1, -0.05) is 0 Å². The Balaban J connectivity index is 1.13. The van der Waals surface area contributed by atoms with Crippen molar-refractivity contribution in [3.8, 4) is 17.4 Å². The molecule has 2 unspecified atom stereocenters. The molecule has 2 bridgehead atoms. The van der Waals surface area contributed by atoms with Gasteiger partial charge >= 0.3 is 0 Å². The summed E-state index contributed by atoms with van der Waals surface area (Å²) in [5.41, 5.74) is 1.01. The molecule has 1 N–H and O–H groups in total. The number of nitrogens with one attached hydrogen (secondary N) is 1. The number of halogens is 1. The van der Waals surface area contributed by atoms with Crippen LogP contribution in [0, 0.1) is 5.82 Å². The number of pyridine rings is 1. The Morgan fingerprint density at radius 3 is 2.56 bits per heavy atom. The van der Waals surface area contributed by atoms with Crippen LogP contribution in [-0.2, 0) is 16.8 Å². The zero-order valence-corrected chi connectivity index (χ0v) is 23.7. The largest absolute Gasteiger partial charge is 0.490 e. The Kier molecular flexibility index (Phi) is 7.06. The Bertz CT molecular complexity index is 1570. The summed E-state index contributed by atoms with van der Waals surface area (Å²) in [4.78, 5) is 27.8. The van der Waals surface area contributed by atoms with Gasteiger partial charge in [-0.05, 0) is 71.7 Å². The normalized spacial score (nSPS) is 20.8. The van der Waals surface area contributed by atoms with Crippen molar-refractivity contribution >= 4 is 22.5 Å². The lowest BCUT2D eigenvalue weighted by Crippen LogP contribution is -2.43. The summed E-state index contributed by atoms with van der Waals surface area (Å²) in [6.45, 7) is 6.01. The van der Waals surface area contributed by atoms with Gasteiger partial charge < -0.3 is 19.7 Å². The number of aromatic nitrogens is 5. The highest BCUT2D eigenvalue weighted by molar-refractivity contribution is 5.91. The molecule has 2 saturated heterocycles. The molecule has 5 heterocycles. The van der Waals surface area contributed by atoms with Crippen LogP contribution < -0.4 is 14.8 Å². The molecule has 3 aromatic heterocycles. The average molecular weight is 560 g/mol. The summed E-state index contributed by atoms with van der Waals surface area (Å²) < 4.78 is 29.0. The van der Waals surface area contributed by atoms with Gasteiger partial charge in [0.1, 0.15) is 24.0 Å². The van der Waals surface area contributed by atoms with Gasteiger partial charge in [-0.25, -0.2) is 14.4 Å². The van der Waals surface area contributed by atoms with Crippen molar-refractivity contribution in [2.75, 3.05) is 12.4 Å². The number of hydrogen-bond acceptors (Lipinski definition) is 8. The van der Waals surface area contributed by atoms with Crippen molar-refractivity contribution < 1.29 is 18.7 Å². The zero-order chi connectivity index (χ0) is 28.7. The first-order valence-electron chi connectivity index (χ1n) is 13.9. The third-order valence-corrected chi connectivity index (χ3v) is 7.92. The smallest absolute Gasteiger partial charge is 0.230 e. The van der Waals surface area contributed by atoms with E-state index in [4.69, 9.17) is 9.47 Å². The number of piperidine rings is 1. The van der Waals surface area contributed by atoms with Gasteiger partial charge in [0.05, 0.1) is 46.6 Å². The number of carbonyl (C=O) groups excluding carboxylic acids is 1. The predicted octanol–water partition coefficient (Wildman–Crippen LogP) is 5.09. The van der Waals surface area contributed by atoms with E-state index in [-0.39, 0.29) is 35.4 Å². The van der Waals surface area contributed by atoms with E-state index in [0.717, 1.165) is 18.6 Å². The van der Waals surface area contributed by atoms with Crippen LogP contribution in [0.25, 0.3) is 10.9 Å². The van der Waals surface area contributed by atoms with E-state index in [0.29, 0.717) is 28.7 Å². The van der Waals surface area contributed by atoms with Crippen LogP contribution in [0.1, 0.15) is 52.1 Å². The second kappa shape index (κ2) is 10.7. The van der Waals surface area contributed by atoms with Gasteiger partial charge in [-0.3, -0.25) is 14.5 Å². The third kappa shape index (κ3) is 5.85. The minimum atomic E-state index is -0.651. The van der Waals surface area contributed by atoms with Crippen LogP contribution in [0.15, 0.2) is 49.2 Å². The molecule has 11 heteroatoms. The highest BCUT2D eigenvalue weighted by Gasteiger charge is 2.39. The van der Waals surface area contributed by atoms with Crippen molar-refractivity contribution in [1.29, 1.82) is 0 Å². The number of carbonyl (C=O) groups is 1. The first kappa shape index (κ1) is 27.1. The molecular weight excluding hydrogens is 525 g/mol. The second-order valence-electron chi connectivity index (χ2n) is 11.9. The van der Waals surface area contributed by atoms with E-state index in [2.05, 4.69) is 37.3 Å². The van der Waals surface area contributed by atoms with Crippen LogP contribution in [0.5, 0.6) is 17.4 Å². The van der Waals surface area contributed by atoms with Gasteiger partial charge in [0.2, 0.25) is 11.8 Å². The predicted molar refractivity (Wildman–Crippen MR) is 152 cm³/mol. The zero-order valence-electron chi connectivity index (χ0n) is 23.7. The highest BCUT2D eigenvalue weighted by atomic mass is 19.1. The Hall–Kier alpha value is -4.12. The van der Waals surface area contributed by atoms with Gasteiger partial charge in [0.15, 0.2) is 5.75 Å². The summed E-state index contributed by atoms with van der Waals surface area (Å²) >= 11 is 0. The first-order chi connectivity index (χ1) is 19.6. The standard InChI is InChI=1S/C30H34FN7O3/c1-30(2,3)38-16-18(14-35-38)36-28(39)13-27-25(31)12-23(15-32-27)41-29-24-11-21(7-8-26(24)33-17-34-29)40-22-9-19-5-6-20(10-22)37(19)4/h7-8,11-12,14-17,19-20,22H,5-6,9-10,13H2,1-4H3,(H,36,39)/t19-,20?,22?/m0/s1. The van der Waals surface area contributed by atoms with Crippen molar-refractivity contribution in [2.24, 2.45) is 0 Å². The Morgan fingerprint density at radius 2 is 1.85 bits per heavy atom. The van der Waals surface area contributed by atoms with Crippen molar-refractivity contribution in [3.05, 3.63) is 60.7 Å². The maximum absolute atomic E-state index is 15.0. The molecule has 10 nitrogen and oxygen atoms in total. The fourth-order valence-corrected chi connectivity index (χ4v) is 5.67. The topological polar surface area (TPSA) is 107 Å². The van der Waals surface area contributed by atoms with E-state index in [1.54, 1.807) is 17.1 Å². The summed E-state index contributed by atoms with van der Waals surface area (Å²) in [7, 11) is 2.21. The SMILES string of the molecule is CN1C2CC[C@H]1CC(Oc1ccc3ncnc(Oc4cnc(CC(=O)Nc5cnn(C(C)(C)C)c5)c(F)c4)c3c1)C2. The fraction of sp³-hybridized carbons (Fsp3) is 0.433. The summed E-state index contributed by atoms with van der Waals surface area (Å²) in [5, 5.41) is 7.65. The highest BCUT2D eigenvalue weighted by Crippen LogP contribution is 2.37. The number of benzene rings is 1. The van der Waals surface area contributed by atoms with Crippen molar-refractivity contribution in [1.82, 2.24) is 29.6 Å². The van der Waals surface area contributed by atoms with Crippen molar-refractivity contribution in [2.45, 2.75) is 76.6 Å². The fourth-order valence-electron chi connectivity index (χ4n) is 5.67. The quantitative estimate of drug-likeness (QED) is 0.334. The molecule has 0 radical (unpaired) electrons. The number of fused-ring (bicyclic) bond motifs is 3. The van der Waals surface area contributed by atoms with E-state index < -0.39 is 11.7 Å². The molecule has 0 aliphatic carbocycles. The van der Waals surface area contributed by atoms with Crippen LogP contribution >= 0.6 is 0 Å². The number of amides is 1. The molecule has 3 atom stereocenters. The molecule has 2 fully saturated rings. The number of ether oxygens (including phenoxy) is 2. The van der Waals surface area contributed by atoms with Gasteiger partial charge in [-0.15, -0.1) is 0 Å². The van der Waals surface area contributed by atoms with Crippen LogP contribution in [-0.4, -0.2) is 60.8 Å². The Morgan fingerprint density at radius 1 is 1.07 bits per heavy atom. The monoisotopic (exact) mass is 559 g/mol. The molecule has 0 saturated carbocycles. The molecule has 2 aliphatic rings. The lowest BCUT2D eigenvalue weighted by Gasteiger charge is -2.36. The third-order valence-electron chi connectivity index (χ3n) is 7.92. The van der Waals surface area contributed by atoms with E-state index in [9.17, 15) is 9.18 Å². The molecule has 1 amide bonds. The molecule has 4 aromatic rings. The second-order valence-corrected chi connectivity index (χ2v) is 11.9. The average Bonchev–Trinajstić information content (AvgIpc) is 3.46. The van der Waals surface area contributed by atoms with E-state index >= 15 is 0 Å². The molecule has 6 rings (SSSR count). The minimum Gasteiger partial charge on any atom is -0.490 e. The Labute approximate surface area is 237 Å². The van der Waals surface area contributed by atoms with E-state index in [1.807, 2.05) is 39.0 Å². The molecule has 41 heavy (non-hydrogen) atoms. The lowest BCUT2D eigenvalue weighted by atomic mass is 10.0. The van der Waals surface area contributed by atoms with Crippen LogP contribution in [0.3, 0.4) is 0 Å². The number of nitrogens with zero attached hydrogens (tertiary/aromatic N) is 6. The first-order valence-corrected chi connectivity index (χ1v) is 13.9. The maximum atomic E-state index is 15.0. The molecule has 2 aliphatic heterocycles. The number of anilines is 1. The number of hydrogen-bond donors (Lipinski definition) is 1. The summed E-state index contributed by atoms with van der Waals surface area (Å²) in [5.74, 6) is 0.111. The van der Waals surface area contributed by atoms with E-state index in [1.165, 1.54) is 31.4 Å². The lowest BCUT2D eigenvalue weighted by molar-refractivity contribution is -0.115.